The van der Waals surface area contributed by atoms with Gasteiger partial charge in [-0.3, -0.25) is 0 Å². The molecule has 0 radical (unpaired) electrons. The van der Waals surface area contributed by atoms with Gasteiger partial charge in [-0.25, -0.2) is 0 Å². The Balaban J connectivity index is 1.99. The maximum Gasteiger partial charge on any atom is 0.00765 e. The second-order valence-electron chi connectivity index (χ2n) is 5.47. The Morgan fingerprint density at radius 1 is 1.24 bits per heavy atom. The van der Waals surface area contributed by atoms with Crippen molar-refractivity contribution in [1.82, 2.24) is 0 Å². The Bertz CT molecular complexity index is 386. The van der Waals surface area contributed by atoms with E-state index >= 15 is 0 Å². The summed E-state index contributed by atoms with van der Waals surface area (Å²) in [5.74, 6) is 0.621. The van der Waals surface area contributed by atoms with E-state index in [1.165, 1.54) is 17.5 Å². The molecule has 0 spiro atoms. The summed E-state index contributed by atoms with van der Waals surface area (Å²) < 4.78 is 0. The van der Waals surface area contributed by atoms with Crippen LogP contribution in [-0.4, -0.2) is 6.04 Å². The monoisotopic (exact) mass is 229 g/mol. The second kappa shape index (κ2) is 5.50. The molecule has 1 aromatic rings. The van der Waals surface area contributed by atoms with E-state index in [0.717, 1.165) is 19.3 Å². The second-order valence-corrected chi connectivity index (χ2v) is 5.47. The number of rotatable bonds is 3. The molecule has 2 N–H and O–H groups in total. The fourth-order valence-corrected chi connectivity index (χ4v) is 2.35. The maximum absolute atomic E-state index is 5.90. The van der Waals surface area contributed by atoms with Crippen LogP contribution in [0.4, 0.5) is 0 Å². The summed E-state index contributed by atoms with van der Waals surface area (Å²) in [7, 11) is 0. The molecule has 17 heavy (non-hydrogen) atoms. The minimum atomic E-state index is 0.391. The molecule has 0 saturated carbocycles. The topological polar surface area (TPSA) is 26.0 Å². The SMILES string of the molecule is CC(C)c1ccc(CC2=CCC(N)CC2)cc1. The lowest BCUT2D eigenvalue weighted by molar-refractivity contribution is 0.583. The van der Waals surface area contributed by atoms with Crippen molar-refractivity contribution in [2.75, 3.05) is 0 Å². The van der Waals surface area contributed by atoms with Crippen molar-refractivity contribution in [2.45, 2.75) is 51.5 Å². The van der Waals surface area contributed by atoms with Gasteiger partial charge in [-0.15, -0.1) is 0 Å². The maximum atomic E-state index is 5.90. The van der Waals surface area contributed by atoms with Crippen LogP contribution in [0.15, 0.2) is 35.9 Å². The average Bonchev–Trinajstić information content (AvgIpc) is 2.33. The molecular formula is C16H23N. The minimum Gasteiger partial charge on any atom is -0.327 e. The zero-order valence-corrected chi connectivity index (χ0v) is 10.9. The highest BCUT2D eigenvalue weighted by molar-refractivity contribution is 5.28. The van der Waals surface area contributed by atoms with Gasteiger partial charge in [0.05, 0.1) is 0 Å². The van der Waals surface area contributed by atoms with Crippen LogP contribution in [0.3, 0.4) is 0 Å². The predicted octanol–water partition coefficient (Wildman–Crippen LogP) is 3.79. The van der Waals surface area contributed by atoms with Crippen molar-refractivity contribution in [3.05, 3.63) is 47.0 Å². The van der Waals surface area contributed by atoms with Crippen molar-refractivity contribution in [3.63, 3.8) is 0 Å². The van der Waals surface area contributed by atoms with Crippen molar-refractivity contribution in [3.8, 4) is 0 Å². The van der Waals surface area contributed by atoms with Crippen LogP contribution >= 0.6 is 0 Å². The van der Waals surface area contributed by atoms with Gasteiger partial charge in [-0.1, -0.05) is 49.8 Å². The highest BCUT2D eigenvalue weighted by Crippen LogP contribution is 2.22. The zero-order valence-electron chi connectivity index (χ0n) is 10.9. The molecule has 1 unspecified atom stereocenters. The first-order valence-corrected chi connectivity index (χ1v) is 6.67. The van der Waals surface area contributed by atoms with Crippen molar-refractivity contribution >= 4 is 0 Å². The van der Waals surface area contributed by atoms with Gasteiger partial charge >= 0.3 is 0 Å². The Labute approximate surface area is 105 Å². The van der Waals surface area contributed by atoms with Gasteiger partial charge < -0.3 is 5.73 Å². The average molecular weight is 229 g/mol. The van der Waals surface area contributed by atoms with Crippen LogP contribution in [0.25, 0.3) is 0 Å². The molecular weight excluding hydrogens is 206 g/mol. The molecule has 1 nitrogen and oxygen atoms in total. The highest BCUT2D eigenvalue weighted by atomic mass is 14.6. The lowest BCUT2D eigenvalue weighted by Crippen LogP contribution is -2.22. The van der Waals surface area contributed by atoms with Crippen molar-refractivity contribution < 1.29 is 0 Å². The van der Waals surface area contributed by atoms with E-state index in [0.29, 0.717) is 12.0 Å². The molecule has 0 bridgehead atoms. The molecule has 0 fully saturated rings. The molecule has 0 aliphatic heterocycles. The van der Waals surface area contributed by atoms with E-state index < -0.39 is 0 Å². The molecule has 92 valence electrons. The number of allylic oxidation sites excluding steroid dienone is 1. The molecule has 1 aromatic carbocycles. The van der Waals surface area contributed by atoms with Gasteiger partial charge in [0.25, 0.3) is 0 Å². The normalized spacial score (nSPS) is 20.5. The van der Waals surface area contributed by atoms with E-state index in [4.69, 9.17) is 5.73 Å². The van der Waals surface area contributed by atoms with Crippen LogP contribution in [-0.2, 0) is 6.42 Å². The van der Waals surface area contributed by atoms with Gasteiger partial charge in [0, 0.05) is 6.04 Å². The number of hydrogen-bond donors (Lipinski definition) is 1. The van der Waals surface area contributed by atoms with Crippen LogP contribution < -0.4 is 5.73 Å². The number of nitrogens with two attached hydrogens (primary N) is 1. The van der Waals surface area contributed by atoms with E-state index in [-0.39, 0.29) is 0 Å². The van der Waals surface area contributed by atoms with Gasteiger partial charge in [-0.2, -0.15) is 0 Å². The largest absolute Gasteiger partial charge is 0.327 e. The molecule has 1 heteroatoms. The molecule has 1 atom stereocenters. The predicted molar refractivity (Wildman–Crippen MR) is 74.1 cm³/mol. The van der Waals surface area contributed by atoms with Crippen LogP contribution in [0.1, 0.15) is 50.2 Å². The first kappa shape index (κ1) is 12.4. The summed E-state index contributed by atoms with van der Waals surface area (Å²) >= 11 is 0. The summed E-state index contributed by atoms with van der Waals surface area (Å²) in [6, 6.07) is 9.45. The summed E-state index contributed by atoms with van der Waals surface area (Å²) in [4.78, 5) is 0. The molecule has 2 rings (SSSR count). The van der Waals surface area contributed by atoms with Crippen molar-refractivity contribution in [2.24, 2.45) is 5.73 Å². The fraction of sp³-hybridized carbons (Fsp3) is 0.500. The van der Waals surface area contributed by atoms with Crippen LogP contribution in [0.2, 0.25) is 0 Å². The Hall–Kier alpha value is -1.08. The molecule has 0 heterocycles. The van der Waals surface area contributed by atoms with Gasteiger partial charge in [0.15, 0.2) is 0 Å². The highest BCUT2D eigenvalue weighted by Gasteiger charge is 2.10. The molecule has 0 aromatic heterocycles. The third-order valence-electron chi connectivity index (χ3n) is 3.62. The zero-order chi connectivity index (χ0) is 12.3. The van der Waals surface area contributed by atoms with E-state index in [9.17, 15) is 0 Å². The first-order valence-electron chi connectivity index (χ1n) is 6.67. The third kappa shape index (κ3) is 3.44. The van der Waals surface area contributed by atoms with E-state index in [2.05, 4.69) is 44.2 Å². The summed E-state index contributed by atoms with van der Waals surface area (Å²) in [6.07, 6.45) is 6.82. The van der Waals surface area contributed by atoms with E-state index in [1.54, 1.807) is 5.57 Å². The molecule has 0 amide bonds. The summed E-state index contributed by atoms with van der Waals surface area (Å²) in [6.45, 7) is 4.47. The summed E-state index contributed by atoms with van der Waals surface area (Å²) in [5.41, 5.74) is 10.3. The van der Waals surface area contributed by atoms with Gasteiger partial charge in [0.2, 0.25) is 0 Å². The fourth-order valence-electron chi connectivity index (χ4n) is 2.35. The van der Waals surface area contributed by atoms with Crippen molar-refractivity contribution in [1.29, 1.82) is 0 Å². The lowest BCUT2D eigenvalue weighted by Gasteiger charge is -2.18. The molecule has 1 aliphatic rings. The molecule has 1 aliphatic carbocycles. The Morgan fingerprint density at radius 3 is 2.47 bits per heavy atom. The molecule has 0 saturated heterocycles. The van der Waals surface area contributed by atoms with Crippen LogP contribution in [0.5, 0.6) is 0 Å². The number of benzene rings is 1. The standard InChI is InChI=1S/C16H23N/c1-12(2)15-7-3-13(4-8-15)11-14-5-9-16(17)10-6-14/h3-5,7-8,12,16H,6,9-11,17H2,1-2H3. The Kier molecular flexibility index (Phi) is 4.01. The minimum absolute atomic E-state index is 0.391. The quantitative estimate of drug-likeness (QED) is 0.784. The van der Waals surface area contributed by atoms with Gasteiger partial charge in [0.1, 0.15) is 0 Å². The Morgan fingerprint density at radius 2 is 1.94 bits per heavy atom. The van der Waals surface area contributed by atoms with Gasteiger partial charge in [-0.05, 0) is 42.7 Å². The third-order valence-corrected chi connectivity index (χ3v) is 3.62. The lowest BCUT2D eigenvalue weighted by atomic mass is 9.91. The van der Waals surface area contributed by atoms with Crippen LogP contribution in [0, 0.1) is 0 Å². The number of hydrogen-bond acceptors (Lipinski definition) is 1. The smallest absolute Gasteiger partial charge is 0.00765 e. The summed E-state index contributed by atoms with van der Waals surface area (Å²) in [5, 5.41) is 0. The van der Waals surface area contributed by atoms with E-state index in [1.807, 2.05) is 0 Å². The first-order chi connectivity index (χ1) is 8.15.